The van der Waals surface area contributed by atoms with Crippen molar-refractivity contribution in [3.8, 4) is 0 Å². The van der Waals surface area contributed by atoms with Gasteiger partial charge in [0.15, 0.2) is 12.6 Å². The van der Waals surface area contributed by atoms with E-state index < -0.39 is 0 Å². The molecule has 0 aromatic heterocycles. The lowest BCUT2D eigenvalue weighted by Gasteiger charge is -2.39. The van der Waals surface area contributed by atoms with Crippen molar-refractivity contribution in [3.05, 3.63) is 68.6 Å². The minimum absolute atomic E-state index is 0.0812. The molecule has 1 aliphatic rings. The number of hydrogen-bond donors (Lipinski definition) is 0. The molecule has 0 aliphatic carbocycles. The summed E-state index contributed by atoms with van der Waals surface area (Å²) in [5.41, 5.74) is 2.61. The summed E-state index contributed by atoms with van der Waals surface area (Å²) in [6.07, 6.45) is 1.70. The number of rotatable bonds is 5. The Morgan fingerprint density at radius 2 is 1.23 bits per heavy atom. The molecule has 4 heteroatoms. The van der Waals surface area contributed by atoms with Gasteiger partial charge < -0.3 is 9.47 Å². The molecule has 2 nitrogen and oxygen atoms in total. The van der Waals surface area contributed by atoms with Crippen LogP contribution in [0.2, 0.25) is 0 Å². The molecular formula is C18H18Br2O2. The molecule has 1 saturated heterocycles. The second-order valence-corrected chi connectivity index (χ2v) is 7.46. The lowest BCUT2D eigenvalue weighted by molar-refractivity contribution is -0.392. The third-order valence-electron chi connectivity index (χ3n) is 3.86. The maximum Gasteiger partial charge on any atom is 0.167 e. The molecule has 0 saturated carbocycles. The van der Waals surface area contributed by atoms with Gasteiger partial charge in [-0.25, -0.2) is 0 Å². The van der Waals surface area contributed by atoms with E-state index in [1.165, 1.54) is 11.1 Å². The van der Waals surface area contributed by atoms with Crippen LogP contribution in [0, 0.1) is 5.92 Å². The predicted molar refractivity (Wildman–Crippen MR) is 94.6 cm³/mol. The zero-order chi connectivity index (χ0) is 15.5. The van der Waals surface area contributed by atoms with Crippen LogP contribution in [0.15, 0.2) is 57.5 Å². The van der Waals surface area contributed by atoms with Crippen molar-refractivity contribution in [2.45, 2.75) is 32.3 Å². The van der Waals surface area contributed by atoms with E-state index in [0.29, 0.717) is 5.92 Å². The first kappa shape index (κ1) is 16.2. The van der Waals surface area contributed by atoms with E-state index in [-0.39, 0.29) is 12.6 Å². The van der Waals surface area contributed by atoms with Gasteiger partial charge in [-0.2, -0.15) is 0 Å². The van der Waals surface area contributed by atoms with Crippen molar-refractivity contribution < 1.29 is 9.47 Å². The topological polar surface area (TPSA) is 18.5 Å². The smallest absolute Gasteiger partial charge is 0.167 e. The molecule has 1 fully saturated rings. The standard InChI is InChI=1S/C18H18Br2O2/c1-12-21-18(22-12)15(10-13-2-6-16(19)7-3-13)11-14-4-8-17(20)9-5-14/h2-9,12,15,18H,10-11H2,1H3. The quantitative estimate of drug-likeness (QED) is 0.644. The molecule has 1 aliphatic heterocycles. The zero-order valence-corrected chi connectivity index (χ0v) is 15.5. The molecule has 22 heavy (non-hydrogen) atoms. The molecule has 3 rings (SSSR count). The Labute approximate surface area is 148 Å². The van der Waals surface area contributed by atoms with E-state index in [1.54, 1.807) is 0 Å². The van der Waals surface area contributed by atoms with E-state index >= 15 is 0 Å². The minimum atomic E-state index is -0.109. The van der Waals surface area contributed by atoms with Crippen molar-refractivity contribution in [3.63, 3.8) is 0 Å². The van der Waals surface area contributed by atoms with Gasteiger partial charge in [-0.05, 0) is 55.2 Å². The highest BCUT2D eigenvalue weighted by Gasteiger charge is 2.34. The highest BCUT2D eigenvalue weighted by atomic mass is 79.9. The van der Waals surface area contributed by atoms with Gasteiger partial charge in [0.2, 0.25) is 0 Å². The molecule has 0 radical (unpaired) electrons. The summed E-state index contributed by atoms with van der Waals surface area (Å²) >= 11 is 6.96. The van der Waals surface area contributed by atoms with Crippen LogP contribution in [-0.4, -0.2) is 12.6 Å². The van der Waals surface area contributed by atoms with E-state index in [4.69, 9.17) is 9.47 Å². The molecule has 0 spiro atoms. The Hall–Kier alpha value is -0.680. The Bertz CT molecular complexity index is 556. The van der Waals surface area contributed by atoms with Gasteiger partial charge >= 0.3 is 0 Å². The molecule has 0 amide bonds. The summed E-state index contributed by atoms with van der Waals surface area (Å²) in [5, 5.41) is 0. The summed E-state index contributed by atoms with van der Waals surface area (Å²) in [7, 11) is 0. The van der Waals surface area contributed by atoms with Crippen LogP contribution in [0.1, 0.15) is 18.1 Å². The first-order valence-corrected chi connectivity index (χ1v) is 8.98. The monoisotopic (exact) mass is 424 g/mol. The first-order chi connectivity index (χ1) is 10.6. The molecule has 0 N–H and O–H groups in total. The molecule has 0 unspecified atom stereocenters. The highest BCUT2D eigenvalue weighted by molar-refractivity contribution is 9.10. The van der Waals surface area contributed by atoms with E-state index in [2.05, 4.69) is 80.4 Å². The zero-order valence-electron chi connectivity index (χ0n) is 12.3. The lowest BCUT2D eigenvalue weighted by atomic mass is 9.91. The molecule has 2 aromatic rings. The van der Waals surface area contributed by atoms with Crippen LogP contribution in [0.25, 0.3) is 0 Å². The van der Waals surface area contributed by atoms with Crippen LogP contribution in [0.3, 0.4) is 0 Å². The summed E-state index contributed by atoms with van der Waals surface area (Å²) in [6, 6.07) is 16.9. The summed E-state index contributed by atoms with van der Waals surface area (Å²) < 4.78 is 13.7. The fourth-order valence-electron chi connectivity index (χ4n) is 2.72. The number of benzene rings is 2. The maximum atomic E-state index is 5.75. The van der Waals surface area contributed by atoms with Gasteiger partial charge in [-0.3, -0.25) is 0 Å². The Morgan fingerprint density at radius 3 is 1.59 bits per heavy atom. The fraction of sp³-hybridized carbons (Fsp3) is 0.333. The number of hydrogen-bond acceptors (Lipinski definition) is 2. The number of halogens is 2. The predicted octanol–water partition coefficient (Wildman–Crippen LogP) is 5.33. The summed E-state index contributed by atoms with van der Waals surface area (Å²) in [6.45, 7) is 1.94. The largest absolute Gasteiger partial charge is 0.324 e. The van der Waals surface area contributed by atoms with Crippen LogP contribution >= 0.6 is 31.9 Å². The van der Waals surface area contributed by atoms with Crippen LogP contribution in [0.4, 0.5) is 0 Å². The van der Waals surface area contributed by atoms with Crippen molar-refractivity contribution >= 4 is 31.9 Å². The van der Waals surface area contributed by atoms with Gasteiger partial charge in [0.05, 0.1) is 0 Å². The molecule has 0 bridgehead atoms. The Morgan fingerprint density at radius 1 is 0.818 bits per heavy atom. The lowest BCUT2D eigenvalue weighted by Crippen LogP contribution is -2.45. The average Bonchev–Trinajstić information content (AvgIpc) is 2.48. The van der Waals surface area contributed by atoms with Gasteiger partial charge in [0, 0.05) is 14.9 Å². The van der Waals surface area contributed by atoms with Crippen molar-refractivity contribution in [1.82, 2.24) is 0 Å². The summed E-state index contributed by atoms with van der Waals surface area (Å²) in [5.74, 6) is 0.318. The van der Waals surface area contributed by atoms with E-state index in [0.717, 1.165) is 21.8 Å². The molecule has 1 heterocycles. The van der Waals surface area contributed by atoms with E-state index in [9.17, 15) is 0 Å². The minimum Gasteiger partial charge on any atom is -0.324 e. The Balaban J connectivity index is 1.72. The van der Waals surface area contributed by atoms with Crippen LogP contribution < -0.4 is 0 Å². The van der Waals surface area contributed by atoms with Crippen molar-refractivity contribution in [1.29, 1.82) is 0 Å². The van der Waals surface area contributed by atoms with Crippen LogP contribution in [0.5, 0.6) is 0 Å². The third kappa shape index (κ3) is 4.19. The van der Waals surface area contributed by atoms with Gasteiger partial charge in [-0.15, -0.1) is 0 Å². The molecule has 2 aromatic carbocycles. The molecule has 0 atom stereocenters. The normalized spacial score (nSPS) is 20.9. The number of ether oxygens (including phenoxy) is 2. The second kappa shape index (κ2) is 7.26. The van der Waals surface area contributed by atoms with E-state index in [1.807, 2.05) is 6.92 Å². The Kier molecular flexibility index (Phi) is 5.34. The molecular weight excluding hydrogens is 408 g/mol. The maximum absolute atomic E-state index is 5.75. The third-order valence-corrected chi connectivity index (χ3v) is 4.92. The highest BCUT2D eigenvalue weighted by Crippen LogP contribution is 2.29. The van der Waals surface area contributed by atoms with Gasteiger partial charge in [0.1, 0.15) is 0 Å². The van der Waals surface area contributed by atoms with Crippen molar-refractivity contribution in [2.24, 2.45) is 5.92 Å². The van der Waals surface area contributed by atoms with Gasteiger partial charge in [0.25, 0.3) is 0 Å². The first-order valence-electron chi connectivity index (χ1n) is 7.40. The average molecular weight is 426 g/mol. The fourth-order valence-corrected chi connectivity index (χ4v) is 3.25. The second-order valence-electron chi connectivity index (χ2n) is 5.63. The summed E-state index contributed by atoms with van der Waals surface area (Å²) in [4.78, 5) is 0. The molecule has 116 valence electrons. The van der Waals surface area contributed by atoms with Gasteiger partial charge in [-0.1, -0.05) is 56.1 Å². The van der Waals surface area contributed by atoms with Crippen LogP contribution in [-0.2, 0) is 22.3 Å². The van der Waals surface area contributed by atoms with Crippen molar-refractivity contribution in [2.75, 3.05) is 0 Å². The SMILES string of the molecule is CC1OC(C(Cc2ccc(Br)cc2)Cc2ccc(Br)cc2)O1.